The molecule has 0 atom stereocenters. The number of carbonyl (C=O) groups is 1. The summed E-state index contributed by atoms with van der Waals surface area (Å²) < 4.78 is 19.4. The van der Waals surface area contributed by atoms with Crippen molar-refractivity contribution in [2.45, 2.75) is 6.92 Å². The van der Waals surface area contributed by atoms with Crippen LogP contribution in [0, 0.1) is 12.7 Å². The Morgan fingerprint density at radius 2 is 2.13 bits per heavy atom. The second kappa shape index (κ2) is 5.51. The number of H-pyrrole nitrogens is 1. The van der Waals surface area contributed by atoms with E-state index in [1.165, 1.54) is 19.2 Å². The summed E-state index contributed by atoms with van der Waals surface area (Å²) in [5, 5.41) is 9.80. The molecular weight excluding hydrogens is 325 g/mol. The van der Waals surface area contributed by atoms with E-state index in [2.05, 4.69) is 15.0 Å². The lowest BCUT2D eigenvalue weighted by molar-refractivity contribution is 0.0693. The van der Waals surface area contributed by atoms with Crippen molar-refractivity contribution in [3.63, 3.8) is 0 Å². The minimum atomic E-state index is -1.22. The molecule has 2 aromatic heterocycles. The van der Waals surface area contributed by atoms with E-state index in [1.807, 2.05) is 0 Å². The minimum absolute atomic E-state index is 0.00269. The van der Waals surface area contributed by atoms with E-state index >= 15 is 0 Å². The van der Waals surface area contributed by atoms with E-state index in [0.717, 1.165) is 5.69 Å². The van der Waals surface area contributed by atoms with Crippen molar-refractivity contribution in [3.05, 3.63) is 40.4 Å². The molecule has 0 radical (unpaired) electrons. The van der Waals surface area contributed by atoms with Gasteiger partial charge in [-0.25, -0.2) is 19.2 Å². The first kappa shape index (κ1) is 15.2. The summed E-state index contributed by atoms with van der Waals surface area (Å²) >= 11 is 5.86. The summed E-state index contributed by atoms with van der Waals surface area (Å²) in [5.41, 5.74) is 0.840. The Balaban J connectivity index is 2.31. The van der Waals surface area contributed by atoms with Crippen LogP contribution in [0.1, 0.15) is 16.2 Å². The van der Waals surface area contributed by atoms with Crippen LogP contribution in [0.15, 0.2) is 18.2 Å². The Bertz CT molecular complexity index is 939. The molecule has 2 N–H and O–H groups in total. The molecule has 0 saturated heterocycles. The molecule has 0 aliphatic heterocycles. The Hall–Kier alpha value is -2.67. The van der Waals surface area contributed by atoms with Gasteiger partial charge in [-0.2, -0.15) is 0 Å². The highest BCUT2D eigenvalue weighted by atomic mass is 35.5. The second-order valence-electron chi connectivity index (χ2n) is 4.86. The zero-order chi connectivity index (χ0) is 16.7. The summed E-state index contributed by atoms with van der Waals surface area (Å²) in [4.78, 5) is 22.5. The van der Waals surface area contributed by atoms with Gasteiger partial charge in [0, 0.05) is 5.69 Å². The smallest absolute Gasteiger partial charge is 0.355 e. The van der Waals surface area contributed by atoms with E-state index in [0.29, 0.717) is 11.0 Å². The number of halogens is 2. The van der Waals surface area contributed by atoms with Crippen molar-refractivity contribution < 1.29 is 19.0 Å². The number of ether oxygens (including phenoxy) is 1. The van der Waals surface area contributed by atoms with E-state index in [1.54, 1.807) is 13.0 Å². The van der Waals surface area contributed by atoms with Crippen LogP contribution in [-0.4, -0.2) is 33.1 Å². The van der Waals surface area contributed by atoms with Gasteiger partial charge in [0.25, 0.3) is 0 Å². The van der Waals surface area contributed by atoms with Crippen LogP contribution in [0.5, 0.6) is 5.75 Å². The van der Waals surface area contributed by atoms with Gasteiger partial charge in [0.1, 0.15) is 5.65 Å². The molecule has 0 aliphatic carbocycles. The Labute approximate surface area is 134 Å². The van der Waals surface area contributed by atoms with Crippen LogP contribution >= 0.6 is 11.6 Å². The van der Waals surface area contributed by atoms with E-state index < -0.39 is 11.8 Å². The van der Waals surface area contributed by atoms with Gasteiger partial charge in [0.2, 0.25) is 0 Å². The fraction of sp³-hybridized carbons (Fsp3) is 0.133. The van der Waals surface area contributed by atoms with Gasteiger partial charge in [-0.1, -0.05) is 11.6 Å². The van der Waals surface area contributed by atoms with Gasteiger partial charge >= 0.3 is 5.97 Å². The highest BCUT2D eigenvalue weighted by molar-refractivity contribution is 6.32. The number of benzene rings is 1. The Morgan fingerprint density at radius 3 is 2.78 bits per heavy atom. The molecule has 0 fully saturated rings. The number of nitrogens with one attached hydrogen (secondary N) is 1. The Kier molecular flexibility index (Phi) is 3.65. The number of methoxy groups -OCH3 is 1. The lowest BCUT2D eigenvalue weighted by atomic mass is 10.1. The van der Waals surface area contributed by atoms with Crippen molar-refractivity contribution in [1.29, 1.82) is 0 Å². The van der Waals surface area contributed by atoms with Crippen LogP contribution in [0.3, 0.4) is 0 Å². The first-order chi connectivity index (χ1) is 10.9. The number of fused-ring (bicyclic) bond motifs is 1. The molecule has 0 bridgehead atoms. The van der Waals surface area contributed by atoms with Crippen LogP contribution in [0.25, 0.3) is 22.4 Å². The number of hydrogen-bond acceptors (Lipinski definition) is 4. The molecule has 2 heterocycles. The first-order valence-corrected chi connectivity index (χ1v) is 6.93. The van der Waals surface area contributed by atoms with Gasteiger partial charge in [-0.15, -0.1) is 0 Å². The molecule has 0 spiro atoms. The maximum Gasteiger partial charge on any atom is 0.355 e. The van der Waals surface area contributed by atoms with E-state index in [4.69, 9.17) is 16.3 Å². The van der Waals surface area contributed by atoms with Crippen molar-refractivity contribution in [1.82, 2.24) is 15.0 Å². The normalized spacial score (nSPS) is 11.0. The SMILES string of the molecule is COc1c(Cl)ccc(-c2nc(C(=O)O)c3cc(C)[nH]c3n2)c1F. The molecule has 3 aromatic rings. The van der Waals surface area contributed by atoms with Gasteiger partial charge in [0.15, 0.2) is 23.1 Å². The van der Waals surface area contributed by atoms with Crippen molar-refractivity contribution >= 4 is 28.6 Å². The van der Waals surface area contributed by atoms with Crippen molar-refractivity contribution in [2.75, 3.05) is 7.11 Å². The average Bonchev–Trinajstić information content (AvgIpc) is 2.86. The van der Waals surface area contributed by atoms with E-state index in [9.17, 15) is 14.3 Å². The highest BCUT2D eigenvalue weighted by Gasteiger charge is 2.21. The highest BCUT2D eigenvalue weighted by Crippen LogP contribution is 2.34. The quantitative estimate of drug-likeness (QED) is 0.765. The standard InChI is InChI=1S/C15H11ClFN3O3/c1-6-5-8-11(15(21)22)19-13(20-14(8)18-6)7-3-4-9(16)12(23-2)10(7)17/h3-5H,1-2H3,(H,21,22)(H,18,19,20). The number of carboxylic acids is 1. The molecule has 3 rings (SSSR count). The van der Waals surface area contributed by atoms with Gasteiger partial charge in [0.05, 0.1) is 23.1 Å². The number of hydrogen-bond donors (Lipinski definition) is 2. The summed E-state index contributed by atoms with van der Waals surface area (Å²) in [6.07, 6.45) is 0. The second-order valence-corrected chi connectivity index (χ2v) is 5.26. The third-order valence-electron chi connectivity index (χ3n) is 3.32. The monoisotopic (exact) mass is 335 g/mol. The molecular formula is C15H11ClFN3O3. The molecule has 8 heteroatoms. The zero-order valence-electron chi connectivity index (χ0n) is 12.1. The van der Waals surface area contributed by atoms with Gasteiger partial charge in [-0.3, -0.25) is 0 Å². The largest absolute Gasteiger partial charge is 0.492 e. The number of aromatic carboxylic acids is 1. The molecule has 118 valence electrons. The third-order valence-corrected chi connectivity index (χ3v) is 3.62. The summed E-state index contributed by atoms with van der Waals surface area (Å²) in [6, 6.07) is 4.44. The van der Waals surface area contributed by atoms with E-state index in [-0.39, 0.29) is 27.9 Å². The average molecular weight is 336 g/mol. The number of rotatable bonds is 3. The number of aryl methyl sites for hydroxylation is 1. The van der Waals surface area contributed by atoms with Gasteiger partial charge in [-0.05, 0) is 25.1 Å². The topological polar surface area (TPSA) is 88.1 Å². The molecule has 6 nitrogen and oxygen atoms in total. The lowest BCUT2D eigenvalue weighted by Crippen LogP contribution is -2.05. The van der Waals surface area contributed by atoms with Crippen molar-refractivity contribution in [3.8, 4) is 17.1 Å². The fourth-order valence-electron chi connectivity index (χ4n) is 2.32. The predicted octanol–water partition coefficient (Wildman–Crippen LogP) is 3.43. The van der Waals surface area contributed by atoms with Crippen LogP contribution < -0.4 is 4.74 Å². The summed E-state index contributed by atoms with van der Waals surface area (Å²) in [7, 11) is 1.29. The van der Waals surface area contributed by atoms with Crippen molar-refractivity contribution in [2.24, 2.45) is 0 Å². The number of carboxylic acid groups (broad SMARTS) is 1. The zero-order valence-corrected chi connectivity index (χ0v) is 12.9. The van der Waals surface area contributed by atoms with Crippen LogP contribution in [-0.2, 0) is 0 Å². The molecule has 0 saturated carbocycles. The minimum Gasteiger partial charge on any atom is -0.492 e. The lowest BCUT2D eigenvalue weighted by Gasteiger charge is -2.09. The summed E-state index contributed by atoms with van der Waals surface area (Å²) in [6.45, 7) is 1.76. The Morgan fingerprint density at radius 1 is 1.39 bits per heavy atom. The third kappa shape index (κ3) is 2.49. The van der Waals surface area contributed by atoms with Crippen LogP contribution in [0.2, 0.25) is 5.02 Å². The fourth-order valence-corrected chi connectivity index (χ4v) is 2.54. The van der Waals surface area contributed by atoms with Crippen LogP contribution in [0.4, 0.5) is 4.39 Å². The molecule has 0 aliphatic rings. The molecule has 1 aromatic carbocycles. The number of nitrogens with zero attached hydrogens (tertiary/aromatic N) is 2. The number of aromatic nitrogens is 3. The molecule has 23 heavy (non-hydrogen) atoms. The molecule has 0 amide bonds. The first-order valence-electron chi connectivity index (χ1n) is 6.55. The predicted molar refractivity (Wildman–Crippen MR) is 82.5 cm³/mol. The molecule has 0 unspecified atom stereocenters. The maximum absolute atomic E-state index is 14.5. The van der Waals surface area contributed by atoms with Gasteiger partial charge < -0.3 is 14.8 Å². The maximum atomic E-state index is 14.5. The summed E-state index contributed by atoms with van der Waals surface area (Å²) in [5.74, 6) is -2.19. The number of aromatic amines is 1.